The van der Waals surface area contributed by atoms with Crippen molar-refractivity contribution < 1.29 is 0 Å². The fourth-order valence-electron chi connectivity index (χ4n) is 1.37. The third-order valence-electron chi connectivity index (χ3n) is 2.20. The molecule has 0 saturated carbocycles. The van der Waals surface area contributed by atoms with Gasteiger partial charge in [-0.1, -0.05) is 11.6 Å². The van der Waals surface area contributed by atoms with Gasteiger partial charge in [0.2, 0.25) is 0 Å². The van der Waals surface area contributed by atoms with Crippen molar-refractivity contribution in [1.29, 1.82) is 0 Å². The first kappa shape index (κ1) is 12.3. The van der Waals surface area contributed by atoms with Crippen molar-refractivity contribution in [2.75, 3.05) is 5.32 Å². The van der Waals surface area contributed by atoms with Gasteiger partial charge < -0.3 is 5.32 Å². The molecule has 0 amide bonds. The zero-order valence-electron chi connectivity index (χ0n) is 9.06. The SMILES string of the molecule is CC(Nc1cc(Br)cnc1Cl)c1cnccn1. The molecular formula is C11H10BrClN4. The molecule has 6 heteroatoms. The Bertz CT molecular complexity index is 506. The van der Waals surface area contributed by atoms with Gasteiger partial charge in [0.15, 0.2) is 5.15 Å². The highest BCUT2D eigenvalue weighted by Crippen LogP contribution is 2.26. The lowest BCUT2D eigenvalue weighted by Crippen LogP contribution is -2.09. The van der Waals surface area contributed by atoms with Crippen molar-refractivity contribution >= 4 is 33.2 Å². The minimum atomic E-state index is 0.0114. The quantitative estimate of drug-likeness (QED) is 0.882. The van der Waals surface area contributed by atoms with Crippen LogP contribution < -0.4 is 5.32 Å². The predicted molar refractivity (Wildman–Crippen MR) is 71.0 cm³/mol. The molecule has 0 aliphatic rings. The van der Waals surface area contributed by atoms with Gasteiger partial charge in [-0.3, -0.25) is 9.97 Å². The summed E-state index contributed by atoms with van der Waals surface area (Å²) in [7, 11) is 0. The summed E-state index contributed by atoms with van der Waals surface area (Å²) in [5.74, 6) is 0. The van der Waals surface area contributed by atoms with Gasteiger partial charge in [-0.2, -0.15) is 0 Å². The number of hydrogen-bond donors (Lipinski definition) is 1. The van der Waals surface area contributed by atoms with E-state index in [2.05, 4.69) is 36.2 Å². The fraction of sp³-hybridized carbons (Fsp3) is 0.182. The average molecular weight is 314 g/mol. The van der Waals surface area contributed by atoms with Gasteiger partial charge in [0, 0.05) is 23.1 Å². The lowest BCUT2D eigenvalue weighted by atomic mass is 10.2. The van der Waals surface area contributed by atoms with Gasteiger partial charge in [0.05, 0.1) is 23.6 Å². The van der Waals surface area contributed by atoms with Crippen LogP contribution in [0.5, 0.6) is 0 Å². The number of nitrogens with zero attached hydrogens (tertiary/aromatic N) is 3. The number of aromatic nitrogens is 3. The number of rotatable bonds is 3. The van der Waals surface area contributed by atoms with Gasteiger partial charge in [0.25, 0.3) is 0 Å². The first-order valence-corrected chi connectivity index (χ1v) is 6.17. The maximum Gasteiger partial charge on any atom is 0.152 e. The molecule has 2 rings (SSSR count). The van der Waals surface area contributed by atoms with Crippen molar-refractivity contribution in [1.82, 2.24) is 15.0 Å². The van der Waals surface area contributed by atoms with Crippen molar-refractivity contribution in [3.8, 4) is 0 Å². The fourth-order valence-corrected chi connectivity index (χ4v) is 1.85. The molecule has 1 unspecified atom stereocenters. The number of halogens is 2. The van der Waals surface area contributed by atoms with Gasteiger partial charge in [0.1, 0.15) is 0 Å². The van der Waals surface area contributed by atoms with Crippen LogP contribution in [0, 0.1) is 0 Å². The molecule has 0 aromatic carbocycles. The standard InChI is InChI=1S/C11H10BrClN4/c1-7(10-6-14-2-3-15-10)17-9-4-8(12)5-16-11(9)13/h2-7,17H,1H3. The van der Waals surface area contributed by atoms with Crippen LogP contribution >= 0.6 is 27.5 Å². The van der Waals surface area contributed by atoms with Crippen LogP contribution in [0.25, 0.3) is 0 Å². The molecule has 2 heterocycles. The van der Waals surface area contributed by atoms with E-state index in [4.69, 9.17) is 11.6 Å². The molecule has 17 heavy (non-hydrogen) atoms. The van der Waals surface area contributed by atoms with Gasteiger partial charge in [-0.15, -0.1) is 0 Å². The van der Waals surface area contributed by atoms with Crippen LogP contribution in [0.15, 0.2) is 35.3 Å². The Morgan fingerprint density at radius 2 is 2.12 bits per heavy atom. The zero-order valence-corrected chi connectivity index (χ0v) is 11.4. The molecule has 1 N–H and O–H groups in total. The largest absolute Gasteiger partial charge is 0.374 e. The Morgan fingerprint density at radius 1 is 1.29 bits per heavy atom. The van der Waals surface area contributed by atoms with E-state index >= 15 is 0 Å². The molecule has 0 saturated heterocycles. The Morgan fingerprint density at radius 3 is 2.82 bits per heavy atom. The first-order chi connectivity index (χ1) is 8.16. The molecule has 0 aliphatic carbocycles. The molecule has 0 aliphatic heterocycles. The summed E-state index contributed by atoms with van der Waals surface area (Å²) in [4.78, 5) is 12.3. The topological polar surface area (TPSA) is 50.7 Å². The van der Waals surface area contributed by atoms with Crippen LogP contribution in [0.3, 0.4) is 0 Å². The Kier molecular flexibility index (Phi) is 3.91. The minimum absolute atomic E-state index is 0.0114. The monoisotopic (exact) mass is 312 g/mol. The van der Waals surface area contributed by atoms with Crippen molar-refractivity contribution in [2.24, 2.45) is 0 Å². The molecule has 88 valence electrons. The molecule has 0 radical (unpaired) electrons. The molecule has 4 nitrogen and oxygen atoms in total. The highest BCUT2D eigenvalue weighted by Gasteiger charge is 2.09. The van der Waals surface area contributed by atoms with Crippen LogP contribution in [-0.4, -0.2) is 15.0 Å². The second kappa shape index (κ2) is 5.42. The summed E-state index contributed by atoms with van der Waals surface area (Å²) < 4.78 is 0.871. The molecular weight excluding hydrogens is 304 g/mol. The summed E-state index contributed by atoms with van der Waals surface area (Å²) in [6, 6.07) is 1.89. The van der Waals surface area contributed by atoms with E-state index in [0.29, 0.717) is 5.15 Å². The van der Waals surface area contributed by atoms with Gasteiger partial charge in [-0.25, -0.2) is 4.98 Å². The smallest absolute Gasteiger partial charge is 0.152 e. The van der Waals surface area contributed by atoms with Crippen molar-refractivity contribution in [2.45, 2.75) is 13.0 Å². The number of pyridine rings is 1. The predicted octanol–water partition coefficient (Wildman–Crippen LogP) is 3.46. The molecule has 2 aromatic rings. The third kappa shape index (κ3) is 3.14. The van der Waals surface area contributed by atoms with E-state index in [1.54, 1.807) is 24.8 Å². The van der Waals surface area contributed by atoms with Crippen molar-refractivity contribution in [3.05, 3.63) is 46.2 Å². The number of hydrogen-bond acceptors (Lipinski definition) is 4. The summed E-state index contributed by atoms with van der Waals surface area (Å²) in [6.45, 7) is 1.99. The third-order valence-corrected chi connectivity index (χ3v) is 2.94. The molecule has 0 fully saturated rings. The van der Waals surface area contributed by atoms with E-state index in [9.17, 15) is 0 Å². The first-order valence-electron chi connectivity index (χ1n) is 5.00. The second-order valence-electron chi connectivity index (χ2n) is 3.49. The Labute approximate surface area is 113 Å². The second-order valence-corrected chi connectivity index (χ2v) is 4.76. The lowest BCUT2D eigenvalue weighted by Gasteiger charge is -2.15. The van der Waals surface area contributed by atoms with E-state index in [1.807, 2.05) is 13.0 Å². The maximum atomic E-state index is 6.00. The number of nitrogens with one attached hydrogen (secondary N) is 1. The van der Waals surface area contributed by atoms with Gasteiger partial charge in [-0.05, 0) is 28.9 Å². The van der Waals surface area contributed by atoms with Crippen LogP contribution in [0.4, 0.5) is 5.69 Å². The molecule has 0 spiro atoms. The van der Waals surface area contributed by atoms with Crippen LogP contribution in [0.1, 0.15) is 18.7 Å². The summed E-state index contributed by atoms with van der Waals surface area (Å²) in [5.41, 5.74) is 1.61. The summed E-state index contributed by atoms with van der Waals surface area (Å²) in [6.07, 6.45) is 6.68. The lowest BCUT2D eigenvalue weighted by molar-refractivity contribution is 0.826. The maximum absolute atomic E-state index is 6.00. The normalized spacial score (nSPS) is 12.2. The number of anilines is 1. The Balaban J connectivity index is 2.18. The van der Waals surface area contributed by atoms with E-state index in [0.717, 1.165) is 15.9 Å². The average Bonchev–Trinajstić information content (AvgIpc) is 2.35. The highest BCUT2D eigenvalue weighted by atomic mass is 79.9. The molecule has 0 bridgehead atoms. The van der Waals surface area contributed by atoms with Crippen LogP contribution in [0.2, 0.25) is 5.15 Å². The highest BCUT2D eigenvalue weighted by molar-refractivity contribution is 9.10. The Hall–Kier alpha value is -1.20. The van der Waals surface area contributed by atoms with E-state index in [1.165, 1.54) is 0 Å². The summed E-state index contributed by atoms with van der Waals surface area (Å²) >= 11 is 9.35. The molecule has 1 atom stereocenters. The zero-order chi connectivity index (χ0) is 12.3. The van der Waals surface area contributed by atoms with E-state index in [-0.39, 0.29) is 6.04 Å². The van der Waals surface area contributed by atoms with Gasteiger partial charge >= 0.3 is 0 Å². The molecule has 2 aromatic heterocycles. The summed E-state index contributed by atoms with van der Waals surface area (Å²) in [5, 5.41) is 3.67. The van der Waals surface area contributed by atoms with E-state index < -0.39 is 0 Å². The van der Waals surface area contributed by atoms with Crippen molar-refractivity contribution in [3.63, 3.8) is 0 Å². The van der Waals surface area contributed by atoms with Crippen LogP contribution in [-0.2, 0) is 0 Å². The minimum Gasteiger partial charge on any atom is -0.374 e.